The summed E-state index contributed by atoms with van der Waals surface area (Å²) in [5.74, 6) is -0.355. The molecule has 0 spiro atoms. The van der Waals surface area contributed by atoms with Crippen LogP contribution in [0.4, 0.5) is 0 Å². The standard InChI is InChI=1S/C47H80NO7P/c1-3-5-7-9-11-13-15-17-19-21-22-23-24-25-26-28-30-32-34-36-38-40-47(49)55-46(45-54-56(50,51)53-43-41-48)44-52-42-39-37-35-33-31-29-27-20-18-16-14-12-10-8-6-4-2/h5-8,11-14,17-20,22-23,29,31,46H,3-4,9-10,15-16,21,24-28,30,32-45,48H2,1-2H3,(H,50,51)/b7-5-,8-6-,13-11-,14-12-,19-17-,20-18-,23-22-,31-29-. The van der Waals surface area contributed by atoms with Gasteiger partial charge >= 0.3 is 13.8 Å². The van der Waals surface area contributed by atoms with Crippen LogP contribution >= 0.6 is 7.82 Å². The Morgan fingerprint density at radius 3 is 1.41 bits per heavy atom. The summed E-state index contributed by atoms with van der Waals surface area (Å²) in [6.07, 6.45) is 57.1. The first-order valence-electron chi connectivity index (χ1n) is 21.7. The van der Waals surface area contributed by atoms with Crippen molar-refractivity contribution in [2.45, 2.75) is 161 Å². The van der Waals surface area contributed by atoms with Crippen molar-refractivity contribution in [1.82, 2.24) is 0 Å². The minimum absolute atomic E-state index is 0.0851. The zero-order chi connectivity index (χ0) is 40.9. The highest BCUT2D eigenvalue weighted by Gasteiger charge is 2.25. The van der Waals surface area contributed by atoms with Gasteiger partial charge in [-0.25, -0.2) is 4.57 Å². The Bertz CT molecular complexity index is 1170. The van der Waals surface area contributed by atoms with Crippen molar-refractivity contribution in [3.05, 3.63) is 97.2 Å². The summed E-state index contributed by atoms with van der Waals surface area (Å²) in [7, 11) is -4.30. The molecule has 0 saturated heterocycles. The van der Waals surface area contributed by atoms with E-state index in [2.05, 4.69) is 111 Å². The maximum absolute atomic E-state index is 12.6. The molecule has 3 N–H and O–H groups in total. The van der Waals surface area contributed by atoms with Crippen LogP contribution in [-0.2, 0) is 27.9 Å². The number of rotatable bonds is 40. The lowest BCUT2D eigenvalue weighted by Gasteiger charge is -2.20. The molecule has 320 valence electrons. The van der Waals surface area contributed by atoms with E-state index in [9.17, 15) is 14.3 Å². The van der Waals surface area contributed by atoms with E-state index in [0.717, 1.165) is 103 Å². The first-order valence-corrected chi connectivity index (χ1v) is 23.2. The smallest absolute Gasteiger partial charge is 0.457 e. The van der Waals surface area contributed by atoms with Gasteiger partial charge < -0.3 is 20.1 Å². The Kier molecular flexibility index (Phi) is 41.5. The van der Waals surface area contributed by atoms with Crippen molar-refractivity contribution >= 4 is 13.8 Å². The van der Waals surface area contributed by atoms with Gasteiger partial charge in [0, 0.05) is 19.6 Å². The van der Waals surface area contributed by atoms with Crippen LogP contribution in [0, 0.1) is 0 Å². The number of carbonyl (C=O) groups is 1. The van der Waals surface area contributed by atoms with Crippen molar-refractivity contribution in [3.8, 4) is 0 Å². The molecule has 0 heterocycles. The molecule has 0 aliphatic heterocycles. The normalized spacial score (nSPS) is 14.4. The highest BCUT2D eigenvalue weighted by Crippen LogP contribution is 2.43. The van der Waals surface area contributed by atoms with Gasteiger partial charge in [-0.2, -0.15) is 0 Å². The van der Waals surface area contributed by atoms with Crippen LogP contribution < -0.4 is 5.73 Å². The summed E-state index contributed by atoms with van der Waals surface area (Å²) in [6.45, 7) is 4.58. The van der Waals surface area contributed by atoms with Gasteiger partial charge in [0.05, 0.1) is 19.8 Å². The number of esters is 1. The third kappa shape index (κ3) is 42.6. The van der Waals surface area contributed by atoms with Gasteiger partial charge in [-0.15, -0.1) is 0 Å². The van der Waals surface area contributed by atoms with E-state index in [4.69, 9.17) is 24.3 Å². The van der Waals surface area contributed by atoms with Gasteiger partial charge in [0.15, 0.2) is 0 Å². The monoisotopic (exact) mass is 802 g/mol. The molecule has 0 fully saturated rings. The number of ether oxygens (including phenoxy) is 2. The molecular weight excluding hydrogens is 721 g/mol. The molecule has 0 bridgehead atoms. The third-order valence-electron chi connectivity index (χ3n) is 8.50. The molecule has 0 radical (unpaired) electrons. The lowest BCUT2D eigenvalue weighted by molar-refractivity contribution is -0.154. The topological polar surface area (TPSA) is 117 Å². The summed E-state index contributed by atoms with van der Waals surface area (Å²) in [6, 6.07) is 0. The number of carbonyl (C=O) groups excluding carboxylic acids is 1. The maximum Gasteiger partial charge on any atom is 0.472 e. The molecular formula is C47H80NO7P. The quantitative estimate of drug-likeness (QED) is 0.0272. The van der Waals surface area contributed by atoms with Gasteiger partial charge in [-0.1, -0.05) is 156 Å². The Morgan fingerprint density at radius 1 is 0.536 bits per heavy atom. The molecule has 0 aromatic rings. The summed E-state index contributed by atoms with van der Waals surface area (Å²) in [5, 5.41) is 0. The number of hydrogen-bond acceptors (Lipinski definition) is 7. The van der Waals surface area contributed by atoms with Crippen molar-refractivity contribution in [2.75, 3.05) is 33.0 Å². The number of phosphoric ester groups is 1. The molecule has 0 aliphatic rings. The molecule has 0 aromatic carbocycles. The Hall–Kier alpha value is -2.58. The van der Waals surface area contributed by atoms with E-state index >= 15 is 0 Å². The van der Waals surface area contributed by atoms with Crippen molar-refractivity contribution in [2.24, 2.45) is 5.73 Å². The lowest BCUT2D eigenvalue weighted by Crippen LogP contribution is -2.28. The van der Waals surface area contributed by atoms with Gasteiger partial charge in [0.1, 0.15) is 6.10 Å². The molecule has 0 amide bonds. The fourth-order valence-electron chi connectivity index (χ4n) is 5.39. The molecule has 0 aromatic heterocycles. The highest BCUT2D eigenvalue weighted by atomic mass is 31.2. The van der Waals surface area contributed by atoms with Gasteiger partial charge in [-0.05, 0) is 89.9 Å². The second kappa shape index (κ2) is 43.5. The summed E-state index contributed by atoms with van der Waals surface area (Å²) in [5.41, 5.74) is 5.37. The van der Waals surface area contributed by atoms with E-state index in [1.807, 2.05) is 0 Å². The lowest BCUT2D eigenvalue weighted by atomic mass is 10.1. The molecule has 0 saturated carbocycles. The summed E-state index contributed by atoms with van der Waals surface area (Å²) >= 11 is 0. The summed E-state index contributed by atoms with van der Waals surface area (Å²) < 4.78 is 33.4. The first kappa shape index (κ1) is 53.4. The fraction of sp³-hybridized carbons (Fsp3) is 0.638. The zero-order valence-electron chi connectivity index (χ0n) is 35.3. The average molecular weight is 802 g/mol. The Labute approximate surface area is 342 Å². The van der Waals surface area contributed by atoms with Crippen molar-refractivity contribution in [1.29, 1.82) is 0 Å². The van der Waals surface area contributed by atoms with E-state index in [1.54, 1.807) is 0 Å². The van der Waals surface area contributed by atoms with Crippen LogP contribution in [0.25, 0.3) is 0 Å². The SMILES string of the molecule is CC/C=C\C/C=C\C/C=C\C/C=C\CCCCCCCCCCC(=O)OC(COCCCCC/C=C\C/C=C\C/C=C\C/C=C\CC)COP(=O)(O)OCCN. The predicted molar refractivity (Wildman–Crippen MR) is 238 cm³/mol. The van der Waals surface area contributed by atoms with Gasteiger partial charge in [0.2, 0.25) is 0 Å². The van der Waals surface area contributed by atoms with Gasteiger partial charge in [0.25, 0.3) is 0 Å². The predicted octanol–water partition coefficient (Wildman–Crippen LogP) is 13.1. The Balaban J connectivity index is 4.11. The van der Waals surface area contributed by atoms with Crippen LogP contribution in [0.3, 0.4) is 0 Å². The average Bonchev–Trinajstić information content (AvgIpc) is 3.19. The highest BCUT2D eigenvalue weighted by molar-refractivity contribution is 7.47. The summed E-state index contributed by atoms with van der Waals surface area (Å²) in [4.78, 5) is 22.5. The van der Waals surface area contributed by atoms with E-state index in [-0.39, 0.29) is 32.3 Å². The van der Waals surface area contributed by atoms with E-state index < -0.39 is 13.9 Å². The second-order valence-corrected chi connectivity index (χ2v) is 15.2. The number of hydrogen-bond donors (Lipinski definition) is 2. The Morgan fingerprint density at radius 2 is 0.946 bits per heavy atom. The number of allylic oxidation sites excluding steroid dienone is 16. The number of nitrogens with two attached hydrogens (primary N) is 1. The number of unbranched alkanes of at least 4 members (excludes halogenated alkanes) is 11. The maximum atomic E-state index is 12.6. The first-order chi connectivity index (χ1) is 27.4. The van der Waals surface area contributed by atoms with Crippen LogP contribution in [0.1, 0.15) is 155 Å². The molecule has 9 heteroatoms. The fourth-order valence-corrected chi connectivity index (χ4v) is 6.15. The van der Waals surface area contributed by atoms with E-state index in [0.29, 0.717) is 13.0 Å². The van der Waals surface area contributed by atoms with Crippen LogP contribution in [0.15, 0.2) is 97.2 Å². The van der Waals surface area contributed by atoms with Crippen molar-refractivity contribution < 1.29 is 32.8 Å². The molecule has 2 atom stereocenters. The van der Waals surface area contributed by atoms with Crippen molar-refractivity contribution in [3.63, 3.8) is 0 Å². The van der Waals surface area contributed by atoms with Crippen LogP contribution in [0.2, 0.25) is 0 Å². The van der Waals surface area contributed by atoms with Crippen LogP contribution in [0.5, 0.6) is 0 Å². The van der Waals surface area contributed by atoms with Crippen LogP contribution in [-0.4, -0.2) is 49.9 Å². The third-order valence-corrected chi connectivity index (χ3v) is 9.48. The molecule has 56 heavy (non-hydrogen) atoms. The molecule has 0 aliphatic carbocycles. The molecule has 8 nitrogen and oxygen atoms in total. The van der Waals surface area contributed by atoms with E-state index in [1.165, 1.54) is 32.1 Å². The van der Waals surface area contributed by atoms with Gasteiger partial charge in [-0.3, -0.25) is 13.8 Å². The minimum atomic E-state index is -4.30. The zero-order valence-corrected chi connectivity index (χ0v) is 36.2. The number of phosphoric acid groups is 1. The molecule has 2 unspecified atom stereocenters. The molecule has 0 rings (SSSR count). The minimum Gasteiger partial charge on any atom is -0.457 e. The largest absolute Gasteiger partial charge is 0.472 e. The second-order valence-electron chi connectivity index (χ2n) is 13.8.